The molecule has 0 N–H and O–H groups in total. The Labute approximate surface area is 219 Å². The van der Waals surface area contributed by atoms with Crippen molar-refractivity contribution in [3.63, 3.8) is 0 Å². The average Bonchev–Trinajstić information content (AvgIpc) is 3.53. The Kier molecular flexibility index (Phi) is 9.55. The van der Waals surface area contributed by atoms with E-state index in [9.17, 15) is 9.59 Å². The highest BCUT2D eigenvalue weighted by Gasteiger charge is 2.38. The minimum atomic E-state index is -0.355. The zero-order valence-corrected chi connectivity index (χ0v) is 22.4. The summed E-state index contributed by atoms with van der Waals surface area (Å²) in [6.45, 7) is 6.21. The van der Waals surface area contributed by atoms with E-state index < -0.39 is 0 Å². The minimum absolute atomic E-state index is 0.000941. The SMILES string of the molecule is CC(C)c1nnc(CCC(=O)N2C[C@H]3OCCCCCCCCN(C)C(=O)c4ccccc4O[C@@H]3C2)o1. The third-order valence-corrected chi connectivity index (χ3v) is 7.06. The molecule has 3 heterocycles. The van der Waals surface area contributed by atoms with Crippen molar-refractivity contribution >= 4 is 11.8 Å². The highest BCUT2D eigenvalue weighted by molar-refractivity contribution is 5.96. The molecule has 4 rings (SSSR count). The number of benzene rings is 1. The number of likely N-dealkylation sites (tertiary alicyclic amines) is 1. The third kappa shape index (κ3) is 7.31. The number of hydrogen-bond acceptors (Lipinski definition) is 7. The normalized spacial score (nSPS) is 22.0. The van der Waals surface area contributed by atoms with Crippen molar-refractivity contribution in [2.24, 2.45) is 0 Å². The van der Waals surface area contributed by atoms with E-state index in [1.54, 1.807) is 15.9 Å². The van der Waals surface area contributed by atoms with Crippen LogP contribution in [0.15, 0.2) is 28.7 Å². The maximum Gasteiger partial charge on any atom is 0.257 e. The Morgan fingerprint density at radius 1 is 1.03 bits per heavy atom. The van der Waals surface area contributed by atoms with Gasteiger partial charge in [-0.3, -0.25) is 9.59 Å². The van der Waals surface area contributed by atoms with Gasteiger partial charge in [-0.05, 0) is 25.0 Å². The quantitative estimate of drug-likeness (QED) is 0.605. The van der Waals surface area contributed by atoms with E-state index in [0.717, 1.165) is 45.1 Å². The molecule has 0 spiro atoms. The topological polar surface area (TPSA) is 98.0 Å². The maximum absolute atomic E-state index is 13.2. The van der Waals surface area contributed by atoms with Crippen molar-refractivity contribution in [2.45, 2.75) is 83.3 Å². The number of carbonyl (C=O) groups is 2. The number of para-hydroxylation sites is 1. The van der Waals surface area contributed by atoms with Crippen molar-refractivity contribution in [3.05, 3.63) is 41.6 Å². The summed E-state index contributed by atoms with van der Waals surface area (Å²) in [6, 6.07) is 7.36. The molecule has 9 nitrogen and oxygen atoms in total. The van der Waals surface area contributed by atoms with Gasteiger partial charge in [-0.25, -0.2) is 0 Å². The predicted octanol–water partition coefficient (Wildman–Crippen LogP) is 4.23. The maximum atomic E-state index is 13.2. The van der Waals surface area contributed by atoms with Crippen LogP contribution in [0.25, 0.3) is 0 Å². The molecule has 9 heteroatoms. The summed E-state index contributed by atoms with van der Waals surface area (Å²) >= 11 is 0. The lowest BCUT2D eigenvalue weighted by Crippen LogP contribution is -2.34. The van der Waals surface area contributed by atoms with E-state index in [1.165, 1.54) is 0 Å². The molecular formula is C28H40N4O5. The number of rotatable bonds is 4. The first kappa shape index (κ1) is 27.1. The van der Waals surface area contributed by atoms with Crippen LogP contribution in [0.1, 0.15) is 86.9 Å². The molecular weight excluding hydrogens is 472 g/mol. The number of aromatic nitrogens is 2. The van der Waals surface area contributed by atoms with Crippen LogP contribution in [-0.2, 0) is 16.0 Å². The average molecular weight is 513 g/mol. The minimum Gasteiger partial charge on any atom is -0.485 e. The molecule has 1 aromatic carbocycles. The van der Waals surface area contributed by atoms with Crippen LogP contribution >= 0.6 is 0 Å². The van der Waals surface area contributed by atoms with Crippen LogP contribution in [0.3, 0.4) is 0 Å². The second-order valence-corrected chi connectivity index (χ2v) is 10.4. The highest BCUT2D eigenvalue weighted by Crippen LogP contribution is 2.26. The second-order valence-electron chi connectivity index (χ2n) is 10.4. The van der Waals surface area contributed by atoms with Gasteiger partial charge >= 0.3 is 0 Å². The molecule has 0 saturated carbocycles. The summed E-state index contributed by atoms with van der Waals surface area (Å²) in [5.74, 6) is 1.70. The molecule has 0 radical (unpaired) electrons. The van der Waals surface area contributed by atoms with Gasteiger partial charge in [-0.15, -0.1) is 10.2 Å². The van der Waals surface area contributed by atoms with Crippen LogP contribution in [-0.4, -0.2) is 77.3 Å². The lowest BCUT2D eigenvalue weighted by atomic mass is 10.1. The van der Waals surface area contributed by atoms with Crippen molar-refractivity contribution in [1.29, 1.82) is 0 Å². The zero-order valence-electron chi connectivity index (χ0n) is 22.4. The molecule has 1 saturated heterocycles. The molecule has 2 amide bonds. The standard InChI is InChI=1S/C28H40N4O5/c1-20(2)27-30-29-25(37-27)14-15-26(33)32-18-23-24(19-32)36-22-13-9-8-12-21(22)28(34)31(3)16-10-6-4-5-7-11-17-35-23/h8-9,12-13,20,23-24H,4-7,10-11,14-19H2,1-3H3/t23-,24-/m1/s1. The van der Waals surface area contributed by atoms with Gasteiger partial charge in [0.25, 0.3) is 5.91 Å². The molecule has 0 unspecified atom stereocenters. The summed E-state index contributed by atoms with van der Waals surface area (Å²) in [5.41, 5.74) is 0.540. The summed E-state index contributed by atoms with van der Waals surface area (Å²) in [4.78, 5) is 29.8. The van der Waals surface area contributed by atoms with Crippen molar-refractivity contribution < 1.29 is 23.5 Å². The molecule has 202 valence electrons. The lowest BCUT2D eigenvalue weighted by Gasteiger charge is -2.24. The van der Waals surface area contributed by atoms with Crippen LogP contribution in [0, 0.1) is 0 Å². The molecule has 2 aromatic rings. The van der Waals surface area contributed by atoms with E-state index in [0.29, 0.717) is 49.2 Å². The van der Waals surface area contributed by atoms with Crippen LogP contribution in [0.2, 0.25) is 0 Å². The van der Waals surface area contributed by atoms with E-state index in [-0.39, 0.29) is 36.4 Å². The number of aryl methyl sites for hydroxylation is 1. The van der Waals surface area contributed by atoms with Gasteiger partial charge in [-0.1, -0.05) is 51.7 Å². The smallest absolute Gasteiger partial charge is 0.257 e. The Balaban J connectivity index is 1.45. The van der Waals surface area contributed by atoms with Crippen molar-refractivity contribution in [2.75, 3.05) is 33.3 Å². The van der Waals surface area contributed by atoms with E-state index >= 15 is 0 Å². The Morgan fingerprint density at radius 2 is 1.76 bits per heavy atom. The Bertz CT molecular complexity index is 1040. The molecule has 1 aromatic heterocycles. The molecule has 2 aliphatic heterocycles. The van der Waals surface area contributed by atoms with Gasteiger partial charge in [-0.2, -0.15) is 0 Å². The summed E-state index contributed by atoms with van der Waals surface area (Å²) in [7, 11) is 1.84. The summed E-state index contributed by atoms with van der Waals surface area (Å²) in [5, 5.41) is 8.12. The number of carbonyl (C=O) groups excluding carboxylic acids is 2. The van der Waals surface area contributed by atoms with Gasteiger partial charge in [0.1, 0.15) is 18.0 Å². The van der Waals surface area contributed by atoms with E-state index in [4.69, 9.17) is 13.9 Å². The largest absolute Gasteiger partial charge is 0.485 e. The monoisotopic (exact) mass is 512 g/mol. The number of fused-ring (bicyclic) bond motifs is 2. The van der Waals surface area contributed by atoms with Gasteiger partial charge in [0.05, 0.1) is 18.7 Å². The third-order valence-electron chi connectivity index (χ3n) is 7.06. The fourth-order valence-electron chi connectivity index (χ4n) is 4.80. The van der Waals surface area contributed by atoms with Gasteiger partial charge in [0, 0.05) is 39.0 Å². The molecule has 2 atom stereocenters. The molecule has 0 aliphatic carbocycles. The Morgan fingerprint density at radius 3 is 2.54 bits per heavy atom. The molecule has 2 aliphatic rings. The molecule has 37 heavy (non-hydrogen) atoms. The fourth-order valence-corrected chi connectivity index (χ4v) is 4.80. The van der Waals surface area contributed by atoms with Crippen molar-refractivity contribution in [3.8, 4) is 5.75 Å². The van der Waals surface area contributed by atoms with Crippen LogP contribution in [0.4, 0.5) is 0 Å². The Hall–Kier alpha value is -2.94. The van der Waals surface area contributed by atoms with Gasteiger partial charge in [0.2, 0.25) is 17.7 Å². The van der Waals surface area contributed by atoms with Gasteiger partial charge in [0.15, 0.2) is 0 Å². The number of hydrogen-bond donors (Lipinski definition) is 0. The fraction of sp³-hybridized carbons (Fsp3) is 0.643. The second kappa shape index (κ2) is 13.0. The number of amides is 2. The first-order valence-corrected chi connectivity index (χ1v) is 13.6. The van der Waals surface area contributed by atoms with Crippen LogP contribution in [0.5, 0.6) is 5.75 Å². The van der Waals surface area contributed by atoms with Crippen LogP contribution < -0.4 is 4.74 Å². The predicted molar refractivity (Wildman–Crippen MR) is 139 cm³/mol. The summed E-state index contributed by atoms with van der Waals surface area (Å²) in [6.07, 6.45) is 6.59. The number of nitrogens with zero attached hydrogens (tertiary/aromatic N) is 4. The number of ether oxygens (including phenoxy) is 2. The summed E-state index contributed by atoms with van der Waals surface area (Å²) < 4.78 is 18.3. The first-order valence-electron chi connectivity index (χ1n) is 13.6. The molecule has 1 fully saturated rings. The van der Waals surface area contributed by atoms with E-state index in [1.807, 2.05) is 39.1 Å². The highest BCUT2D eigenvalue weighted by atomic mass is 16.5. The van der Waals surface area contributed by atoms with E-state index in [2.05, 4.69) is 10.2 Å². The molecule has 0 bridgehead atoms. The van der Waals surface area contributed by atoms with Gasteiger partial charge < -0.3 is 23.7 Å². The van der Waals surface area contributed by atoms with Crippen molar-refractivity contribution in [1.82, 2.24) is 20.0 Å². The zero-order chi connectivity index (χ0) is 26.2. The first-order chi connectivity index (χ1) is 17.9. The lowest BCUT2D eigenvalue weighted by molar-refractivity contribution is -0.130.